The van der Waals surface area contributed by atoms with E-state index in [1.54, 1.807) is 6.92 Å². The molecule has 0 aromatic rings. The molecule has 2 heteroatoms. The maximum absolute atomic E-state index is 11.6. The third-order valence-electron chi connectivity index (χ3n) is 3.24. The molecule has 2 nitrogen and oxygen atoms in total. The lowest BCUT2D eigenvalue weighted by molar-refractivity contribution is -0.113. The van der Waals surface area contributed by atoms with Gasteiger partial charge >= 0.3 is 0 Å². The van der Waals surface area contributed by atoms with Crippen molar-refractivity contribution in [2.75, 3.05) is 0 Å². The zero-order valence-corrected chi connectivity index (χ0v) is 11.5. The van der Waals surface area contributed by atoms with E-state index in [0.717, 1.165) is 41.8 Å². The molecule has 0 aromatic heterocycles. The zero-order valence-electron chi connectivity index (χ0n) is 11.5. The van der Waals surface area contributed by atoms with Crippen molar-refractivity contribution in [2.24, 2.45) is 4.99 Å². The van der Waals surface area contributed by atoms with Crippen LogP contribution in [0.15, 0.2) is 64.4 Å². The molecular formula is C17H19NO. The molecule has 19 heavy (non-hydrogen) atoms. The van der Waals surface area contributed by atoms with Crippen molar-refractivity contribution in [2.45, 2.75) is 33.1 Å². The molecule has 0 bridgehead atoms. The first-order valence-corrected chi connectivity index (χ1v) is 6.68. The summed E-state index contributed by atoms with van der Waals surface area (Å²) in [5.41, 5.74) is 3.78. The van der Waals surface area contributed by atoms with Crippen LogP contribution in [0.5, 0.6) is 0 Å². The third kappa shape index (κ3) is 3.50. The molecule has 2 rings (SSSR count). The van der Waals surface area contributed by atoms with E-state index in [4.69, 9.17) is 0 Å². The van der Waals surface area contributed by atoms with Gasteiger partial charge < -0.3 is 0 Å². The van der Waals surface area contributed by atoms with Gasteiger partial charge in [-0.3, -0.25) is 9.79 Å². The van der Waals surface area contributed by atoms with E-state index < -0.39 is 0 Å². The van der Waals surface area contributed by atoms with Crippen LogP contribution >= 0.6 is 0 Å². The molecule has 0 unspecified atom stereocenters. The number of allylic oxidation sites excluding steroid dienone is 10. The van der Waals surface area contributed by atoms with Crippen LogP contribution in [0.3, 0.4) is 0 Å². The summed E-state index contributed by atoms with van der Waals surface area (Å²) in [4.78, 5) is 16.3. The van der Waals surface area contributed by atoms with Crippen molar-refractivity contribution in [1.29, 1.82) is 0 Å². The van der Waals surface area contributed by atoms with Crippen LogP contribution in [-0.2, 0) is 4.79 Å². The number of hydrogen-bond acceptors (Lipinski definition) is 2. The summed E-state index contributed by atoms with van der Waals surface area (Å²) in [7, 11) is 0. The smallest absolute Gasteiger partial charge is 0.161 e. The lowest BCUT2D eigenvalue weighted by Gasteiger charge is -2.11. The second kappa shape index (κ2) is 6.28. The average Bonchev–Trinajstić information content (AvgIpc) is 2.68. The van der Waals surface area contributed by atoms with E-state index in [2.05, 4.69) is 23.2 Å². The number of aliphatic imine (C=N–C) groups is 1. The Hall–Kier alpha value is -1.96. The lowest BCUT2D eigenvalue weighted by atomic mass is 10.0. The minimum atomic E-state index is 0.0922. The molecule has 2 aliphatic carbocycles. The molecule has 0 spiro atoms. The monoisotopic (exact) mass is 253 g/mol. The maximum Gasteiger partial charge on any atom is 0.161 e. The van der Waals surface area contributed by atoms with Crippen LogP contribution in [0.4, 0.5) is 0 Å². The lowest BCUT2D eigenvalue weighted by Crippen LogP contribution is -2.04. The van der Waals surface area contributed by atoms with Gasteiger partial charge in [-0.2, -0.15) is 0 Å². The minimum absolute atomic E-state index is 0.0922. The standard InChI is InChI=1S/C17H19NO/c1-13(15-9-5-3-4-6-10-15)18-17-12-8-7-11-16(17)14(2)19/h3-5,7,9-11H,6,8,12H2,1-2H3. The van der Waals surface area contributed by atoms with Gasteiger partial charge in [0.15, 0.2) is 5.78 Å². The summed E-state index contributed by atoms with van der Waals surface area (Å²) in [5, 5.41) is 0. The molecule has 0 saturated heterocycles. The van der Waals surface area contributed by atoms with Crippen molar-refractivity contribution in [1.82, 2.24) is 0 Å². The summed E-state index contributed by atoms with van der Waals surface area (Å²) in [6.45, 7) is 3.61. The zero-order chi connectivity index (χ0) is 13.7. The molecule has 0 fully saturated rings. The normalized spacial score (nSPS) is 19.5. The molecule has 0 saturated carbocycles. The fraction of sp³-hybridized carbons (Fsp3) is 0.294. The summed E-state index contributed by atoms with van der Waals surface area (Å²) in [6, 6.07) is 0. The number of rotatable bonds is 3. The molecule has 98 valence electrons. The van der Waals surface area contributed by atoms with Crippen LogP contribution in [-0.4, -0.2) is 11.5 Å². The molecule has 0 amide bonds. The van der Waals surface area contributed by atoms with Gasteiger partial charge in [0.2, 0.25) is 0 Å². The number of Topliss-reactive ketones (excluding diaryl/α,β-unsaturated/α-hetero) is 1. The van der Waals surface area contributed by atoms with Gasteiger partial charge in [-0.15, -0.1) is 0 Å². The van der Waals surface area contributed by atoms with Crippen molar-refractivity contribution < 1.29 is 4.79 Å². The number of hydrogen-bond donors (Lipinski definition) is 0. The molecule has 0 radical (unpaired) electrons. The first-order chi connectivity index (χ1) is 9.18. The van der Waals surface area contributed by atoms with Gasteiger partial charge in [-0.25, -0.2) is 0 Å². The van der Waals surface area contributed by atoms with Crippen LogP contribution in [0, 0.1) is 0 Å². The number of carbonyl (C=O) groups excluding carboxylic acids is 1. The van der Waals surface area contributed by atoms with E-state index in [0.29, 0.717) is 0 Å². The number of carbonyl (C=O) groups is 1. The highest BCUT2D eigenvalue weighted by Gasteiger charge is 2.12. The van der Waals surface area contributed by atoms with Gasteiger partial charge in [0.05, 0.1) is 5.70 Å². The molecule has 0 aliphatic heterocycles. The van der Waals surface area contributed by atoms with E-state index in [1.165, 1.54) is 0 Å². The highest BCUT2D eigenvalue weighted by atomic mass is 16.1. The van der Waals surface area contributed by atoms with Crippen molar-refractivity contribution in [3.8, 4) is 0 Å². The van der Waals surface area contributed by atoms with Crippen molar-refractivity contribution in [3.05, 3.63) is 59.4 Å². The SMILES string of the molecule is CC(=O)C1=C(N=C(C)C2=CCC=CC=C2)CCC=C1. The summed E-state index contributed by atoms with van der Waals surface area (Å²) in [6.07, 6.45) is 17.1. The van der Waals surface area contributed by atoms with E-state index >= 15 is 0 Å². The summed E-state index contributed by atoms with van der Waals surface area (Å²) >= 11 is 0. The quantitative estimate of drug-likeness (QED) is 0.697. The highest BCUT2D eigenvalue weighted by Crippen LogP contribution is 2.22. The summed E-state index contributed by atoms with van der Waals surface area (Å²) < 4.78 is 0. The largest absolute Gasteiger partial charge is 0.294 e. The van der Waals surface area contributed by atoms with Crippen molar-refractivity contribution >= 4 is 11.5 Å². The highest BCUT2D eigenvalue weighted by molar-refractivity contribution is 6.03. The molecular weight excluding hydrogens is 234 g/mol. The Morgan fingerprint density at radius 1 is 1.16 bits per heavy atom. The Morgan fingerprint density at radius 3 is 2.79 bits per heavy atom. The second-order valence-corrected chi connectivity index (χ2v) is 4.74. The summed E-state index contributed by atoms with van der Waals surface area (Å²) in [5.74, 6) is 0.0922. The Bertz CT molecular complexity index is 554. The molecule has 0 aromatic carbocycles. The Labute approximate surface area is 114 Å². The first-order valence-electron chi connectivity index (χ1n) is 6.68. The fourth-order valence-electron chi connectivity index (χ4n) is 2.20. The molecule has 0 atom stereocenters. The first kappa shape index (κ1) is 13.5. The van der Waals surface area contributed by atoms with Gasteiger partial charge in [-0.05, 0) is 38.7 Å². The number of nitrogens with zero attached hydrogens (tertiary/aromatic N) is 1. The van der Waals surface area contributed by atoms with Crippen LogP contribution < -0.4 is 0 Å². The van der Waals surface area contributed by atoms with Gasteiger partial charge in [-0.1, -0.05) is 42.5 Å². The topological polar surface area (TPSA) is 29.4 Å². The third-order valence-corrected chi connectivity index (χ3v) is 3.24. The van der Waals surface area contributed by atoms with Gasteiger partial charge in [0, 0.05) is 11.3 Å². The molecule has 0 heterocycles. The Balaban J connectivity index is 2.31. The van der Waals surface area contributed by atoms with Crippen molar-refractivity contribution in [3.63, 3.8) is 0 Å². The van der Waals surface area contributed by atoms with Crippen LogP contribution in [0.25, 0.3) is 0 Å². The van der Waals surface area contributed by atoms with E-state index in [9.17, 15) is 4.79 Å². The van der Waals surface area contributed by atoms with Crippen LogP contribution in [0.1, 0.15) is 33.1 Å². The predicted octanol–water partition coefficient (Wildman–Crippen LogP) is 4.08. The van der Waals surface area contributed by atoms with E-state index in [1.807, 2.05) is 31.2 Å². The Kier molecular flexibility index (Phi) is 4.45. The molecule has 2 aliphatic rings. The van der Waals surface area contributed by atoms with Gasteiger partial charge in [0.25, 0.3) is 0 Å². The van der Waals surface area contributed by atoms with E-state index in [-0.39, 0.29) is 5.78 Å². The maximum atomic E-state index is 11.6. The Morgan fingerprint density at radius 2 is 2.00 bits per heavy atom. The predicted molar refractivity (Wildman–Crippen MR) is 80.2 cm³/mol. The molecule has 0 N–H and O–H groups in total. The number of ketones is 1. The average molecular weight is 253 g/mol. The fourth-order valence-corrected chi connectivity index (χ4v) is 2.20. The van der Waals surface area contributed by atoms with Gasteiger partial charge in [0.1, 0.15) is 0 Å². The van der Waals surface area contributed by atoms with Crippen LogP contribution in [0.2, 0.25) is 0 Å². The minimum Gasteiger partial charge on any atom is -0.294 e. The second-order valence-electron chi connectivity index (χ2n) is 4.74.